The second kappa shape index (κ2) is 5.93. The van der Waals surface area contributed by atoms with Crippen molar-refractivity contribution in [3.63, 3.8) is 0 Å². The van der Waals surface area contributed by atoms with Crippen LogP contribution in [0.1, 0.15) is 0 Å². The average Bonchev–Trinajstić information content (AvgIpc) is 3.22. The number of nitrogens with zero attached hydrogens (tertiary/aromatic N) is 4. The second-order valence-electron chi connectivity index (χ2n) is 5.09. The maximum Gasteiger partial charge on any atom is 0.235 e. The maximum atomic E-state index is 5.33. The first kappa shape index (κ1) is 14.6. The quantitative estimate of drug-likeness (QED) is 0.569. The van der Waals surface area contributed by atoms with Crippen molar-refractivity contribution in [3.8, 4) is 33.5 Å². The van der Waals surface area contributed by atoms with Crippen molar-refractivity contribution in [2.24, 2.45) is 0 Å². The largest absolute Gasteiger partial charge is 0.497 e. The number of hydrogen-bond acceptors (Lipinski definition) is 6. The van der Waals surface area contributed by atoms with Crippen LogP contribution in [-0.4, -0.2) is 34.0 Å². The Morgan fingerprint density at radius 1 is 0.875 bits per heavy atom. The van der Waals surface area contributed by atoms with Gasteiger partial charge in [0.1, 0.15) is 16.5 Å². The second-order valence-corrected chi connectivity index (χ2v) is 6.05. The molecule has 2 heterocycles. The first-order chi connectivity index (χ1) is 11.8. The summed E-state index contributed by atoms with van der Waals surface area (Å²) in [7, 11) is 3.24. The predicted molar refractivity (Wildman–Crippen MR) is 92.6 cm³/mol. The summed E-state index contributed by atoms with van der Waals surface area (Å²) in [5, 5.41) is 14.1. The van der Waals surface area contributed by atoms with E-state index in [9.17, 15) is 0 Å². The molecule has 0 aliphatic rings. The van der Waals surface area contributed by atoms with Crippen molar-refractivity contribution >= 4 is 16.3 Å². The fourth-order valence-corrected chi connectivity index (χ4v) is 3.28. The molecule has 0 fully saturated rings. The summed E-state index contributed by atoms with van der Waals surface area (Å²) in [6.45, 7) is 0. The molecule has 0 aliphatic carbocycles. The molecule has 7 heteroatoms. The minimum atomic E-state index is 0.653. The Morgan fingerprint density at radius 3 is 2.25 bits per heavy atom. The first-order valence-electron chi connectivity index (χ1n) is 7.29. The van der Waals surface area contributed by atoms with Crippen molar-refractivity contribution in [2.75, 3.05) is 14.2 Å². The van der Waals surface area contributed by atoms with Crippen LogP contribution >= 0.6 is 11.3 Å². The zero-order valence-electron chi connectivity index (χ0n) is 13.1. The third-order valence-corrected chi connectivity index (χ3v) is 4.57. The van der Waals surface area contributed by atoms with Gasteiger partial charge in [-0.15, -0.1) is 10.2 Å². The van der Waals surface area contributed by atoms with Gasteiger partial charge < -0.3 is 9.47 Å². The third-order valence-electron chi connectivity index (χ3n) is 3.62. The van der Waals surface area contributed by atoms with Crippen molar-refractivity contribution in [2.45, 2.75) is 0 Å². The van der Waals surface area contributed by atoms with Crippen LogP contribution in [0.5, 0.6) is 11.5 Å². The van der Waals surface area contributed by atoms with Gasteiger partial charge in [-0.3, -0.25) is 0 Å². The Bertz CT molecular complexity index is 972. The van der Waals surface area contributed by atoms with Crippen LogP contribution in [0, 0.1) is 0 Å². The topological polar surface area (TPSA) is 61.5 Å². The van der Waals surface area contributed by atoms with Crippen LogP contribution in [0.4, 0.5) is 0 Å². The molecule has 0 amide bonds. The summed E-state index contributed by atoms with van der Waals surface area (Å²) < 4.78 is 12.4. The number of hydrogen-bond donors (Lipinski definition) is 0. The van der Waals surface area contributed by atoms with Crippen molar-refractivity contribution in [1.82, 2.24) is 19.8 Å². The fourth-order valence-electron chi connectivity index (χ4n) is 2.43. The molecule has 2 aromatic carbocycles. The number of rotatable bonds is 4. The molecular formula is C17H14N4O2S. The normalized spacial score (nSPS) is 10.9. The van der Waals surface area contributed by atoms with Crippen LogP contribution < -0.4 is 9.47 Å². The molecule has 0 atom stereocenters. The first-order valence-corrected chi connectivity index (χ1v) is 8.11. The lowest BCUT2D eigenvalue weighted by atomic mass is 10.2. The Labute approximate surface area is 142 Å². The summed E-state index contributed by atoms with van der Waals surface area (Å²) in [6, 6.07) is 15.6. The lowest BCUT2D eigenvalue weighted by Crippen LogP contribution is -1.93. The highest BCUT2D eigenvalue weighted by atomic mass is 32.1. The van der Waals surface area contributed by atoms with E-state index < -0.39 is 0 Å². The van der Waals surface area contributed by atoms with E-state index in [1.165, 1.54) is 11.3 Å². The Balaban J connectivity index is 1.85. The molecule has 0 unspecified atom stereocenters. The van der Waals surface area contributed by atoms with E-state index in [2.05, 4.69) is 15.3 Å². The maximum absolute atomic E-state index is 5.33. The van der Waals surface area contributed by atoms with Crippen molar-refractivity contribution < 1.29 is 9.47 Å². The predicted octanol–water partition coefficient (Wildman–Crippen LogP) is 3.54. The average molecular weight is 338 g/mol. The van der Waals surface area contributed by atoms with E-state index >= 15 is 0 Å². The smallest absolute Gasteiger partial charge is 0.235 e. The van der Waals surface area contributed by atoms with Gasteiger partial charge in [-0.2, -0.15) is 9.61 Å². The number of methoxy groups -OCH3 is 2. The van der Waals surface area contributed by atoms with Gasteiger partial charge in [0.25, 0.3) is 0 Å². The van der Waals surface area contributed by atoms with Gasteiger partial charge in [0, 0.05) is 17.2 Å². The number of benzene rings is 2. The van der Waals surface area contributed by atoms with Gasteiger partial charge in [0.15, 0.2) is 5.82 Å². The van der Waals surface area contributed by atoms with Crippen molar-refractivity contribution in [1.29, 1.82) is 0 Å². The van der Waals surface area contributed by atoms with Gasteiger partial charge in [0.05, 0.1) is 14.2 Å². The van der Waals surface area contributed by atoms with Gasteiger partial charge >= 0.3 is 0 Å². The molecule has 2 aromatic heterocycles. The molecule has 0 aliphatic heterocycles. The molecule has 4 rings (SSSR count). The SMILES string of the molecule is COc1cc(OC)cc(-c2nnc3sc(-c4ccccc4)nn23)c1. The van der Waals surface area contributed by atoms with Crippen LogP contribution in [0.25, 0.3) is 26.9 Å². The molecular weight excluding hydrogens is 324 g/mol. The Kier molecular flexibility index (Phi) is 3.62. The molecule has 0 saturated heterocycles. The summed E-state index contributed by atoms with van der Waals surface area (Å²) in [5.41, 5.74) is 1.89. The molecule has 0 radical (unpaired) electrons. The van der Waals surface area contributed by atoms with Crippen LogP contribution in [0.3, 0.4) is 0 Å². The summed E-state index contributed by atoms with van der Waals surface area (Å²) >= 11 is 1.50. The molecule has 6 nitrogen and oxygen atoms in total. The minimum absolute atomic E-state index is 0.653. The van der Waals surface area contributed by atoms with E-state index in [1.54, 1.807) is 18.7 Å². The molecule has 0 N–H and O–H groups in total. The molecule has 120 valence electrons. The monoisotopic (exact) mass is 338 g/mol. The highest BCUT2D eigenvalue weighted by molar-refractivity contribution is 7.19. The molecule has 4 aromatic rings. The standard InChI is InChI=1S/C17H14N4O2S/c1-22-13-8-12(9-14(10-13)23-2)15-18-19-17-21(15)20-16(24-17)11-6-4-3-5-7-11/h3-10H,1-2H3. The number of aromatic nitrogens is 4. The van der Waals surface area contributed by atoms with Crippen LogP contribution in [-0.2, 0) is 0 Å². The molecule has 0 bridgehead atoms. The summed E-state index contributed by atoms with van der Waals surface area (Å²) in [4.78, 5) is 0.741. The third kappa shape index (κ3) is 2.48. The highest BCUT2D eigenvalue weighted by Crippen LogP contribution is 2.31. The molecule has 24 heavy (non-hydrogen) atoms. The number of ether oxygens (including phenoxy) is 2. The Hall–Kier alpha value is -2.93. The minimum Gasteiger partial charge on any atom is -0.497 e. The molecule has 0 saturated carbocycles. The van der Waals surface area contributed by atoms with Crippen molar-refractivity contribution in [3.05, 3.63) is 48.5 Å². The zero-order chi connectivity index (χ0) is 16.5. The van der Waals surface area contributed by atoms with E-state index in [-0.39, 0.29) is 0 Å². The van der Waals surface area contributed by atoms with Gasteiger partial charge in [-0.25, -0.2) is 0 Å². The summed E-state index contributed by atoms with van der Waals surface area (Å²) in [6.07, 6.45) is 0. The van der Waals surface area contributed by atoms with E-state index in [1.807, 2.05) is 48.5 Å². The Morgan fingerprint density at radius 2 is 1.58 bits per heavy atom. The van der Waals surface area contributed by atoms with E-state index in [0.717, 1.165) is 21.1 Å². The van der Waals surface area contributed by atoms with Gasteiger partial charge in [-0.05, 0) is 12.1 Å². The van der Waals surface area contributed by atoms with E-state index in [4.69, 9.17) is 9.47 Å². The fraction of sp³-hybridized carbons (Fsp3) is 0.118. The molecule has 0 spiro atoms. The zero-order valence-corrected chi connectivity index (χ0v) is 13.9. The lowest BCUT2D eigenvalue weighted by molar-refractivity contribution is 0.394. The lowest BCUT2D eigenvalue weighted by Gasteiger charge is -2.06. The highest BCUT2D eigenvalue weighted by Gasteiger charge is 2.16. The van der Waals surface area contributed by atoms with Crippen LogP contribution in [0.2, 0.25) is 0 Å². The van der Waals surface area contributed by atoms with Gasteiger partial charge in [-0.1, -0.05) is 41.7 Å². The summed E-state index contributed by atoms with van der Waals surface area (Å²) in [5.74, 6) is 2.04. The van der Waals surface area contributed by atoms with Gasteiger partial charge in [0.2, 0.25) is 4.96 Å². The number of fused-ring (bicyclic) bond motifs is 1. The van der Waals surface area contributed by atoms with Crippen LogP contribution in [0.15, 0.2) is 48.5 Å². The van der Waals surface area contributed by atoms with E-state index in [0.29, 0.717) is 17.3 Å².